The second-order valence-electron chi connectivity index (χ2n) is 2.45. The zero-order valence-corrected chi connectivity index (χ0v) is 8.82. The molecule has 0 aliphatic rings. The van der Waals surface area contributed by atoms with E-state index < -0.39 is 17.9 Å². The van der Waals surface area contributed by atoms with Crippen LogP contribution in [0.15, 0.2) is 6.20 Å². The zero-order valence-electron chi connectivity index (χ0n) is 7.23. The van der Waals surface area contributed by atoms with Gasteiger partial charge in [0.1, 0.15) is 5.69 Å². The molecule has 0 unspecified atom stereocenters. The van der Waals surface area contributed by atoms with Crippen molar-refractivity contribution in [3.63, 3.8) is 0 Å². The highest BCUT2D eigenvalue weighted by Crippen LogP contribution is 2.30. The van der Waals surface area contributed by atoms with Gasteiger partial charge < -0.3 is 4.74 Å². The standard InChI is InChI=1S/C8H7BrF3NO/c1-14-7-4(2-9)3-13-6(5(7)10)8(11)12/h3,8H,2H2,1H3. The lowest BCUT2D eigenvalue weighted by Crippen LogP contribution is -2.02. The van der Waals surface area contributed by atoms with Crippen LogP contribution in [0.25, 0.3) is 0 Å². The van der Waals surface area contributed by atoms with Gasteiger partial charge in [-0.15, -0.1) is 0 Å². The van der Waals surface area contributed by atoms with Crippen molar-refractivity contribution in [1.82, 2.24) is 4.98 Å². The fraction of sp³-hybridized carbons (Fsp3) is 0.375. The predicted molar refractivity (Wildman–Crippen MR) is 48.3 cm³/mol. The van der Waals surface area contributed by atoms with Crippen LogP contribution in [0.1, 0.15) is 17.7 Å². The van der Waals surface area contributed by atoms with Gasteiger partial charge in [0, 0.05) is 17.1 Å². The van der Waals surface area contributed by atoms with Gasteiger partial charge in [-0.05, 0) is 0 Å². The molecule has 0 radical (unpaired) electrons. The molecule has 1 heterocycles. The van der Waals surface area contributed by atoms with Gasteiger partial charge in [0.2, 0.25) is 0 Å². The Labute approximate surface area is 87.2 Å². The molecule has 0 N–H and O–H groups in total. The molecule has 0 aromatic carbocycles. The minimum Gasteiger partial charge on any atom is -0.493 e. The number of hydrogen-bond acceptors (Lipinski definition) is 2. The van der Waals surface area contributed by atoms with Gasteiger partial charge in [-0.3, -0.25) is 4.98 Å². The number of ether oxygens (including phenoxy) is 1. The summed E-state index contributed by atoms with van der Waals surface area (Å²) in [5.74, 6) is -1.29. The first-order chi connectivity index (χ1) is 6.61. The highest BCUT2D eigenvalue weighted by molar-refractivity contribution is 9.08. The molecule has 2 nitrogen and oxygen atoms in total. The topological polar surface area (TPSA) is 22.1 Å². The largest absolute Gasteiger partial charge is 0.493 e. The van der Waals surface area contributed by atoms with E-state index in [4.69, 9.17) is 0 Å². The minimum absolute atomic E-state index is 0.188. The van der Waals surface area contributed by atoms with Crippen molar-refractivity contribution in [2.24, 2.45) is 0 Å². The monoisotopic (exact) mass is 269 g/mol. The lowest BCUT2D eigenvalue weighted by atomic mass is 10.2. The first-order valence-corrected chi connectivity index (χ1v) is 4.79. The number of nitrogens with zero attached hydrogens (tertiary/aromatic N) is 1. The van der Waals surface area contributed by atoms with Gasteiger partial charge in [0.15, 0.2) is 11.6 Å². The van der Waals surface area contributed by atoms with Crippen molar-refractivity contribution in [1.29, 1.82) is 0 Å². The number of methoxy groups -OCH3 is 1. The Hall–Kier alpha value is -0.780. The SMILES string of the molecule is COc1c(CBr)cnc(C(F)F)c1F. The van der Waals surface area contributed by atoms with Crippen molar-refractivity contribution in [3.05, 3.63) is 23.3 Å². The Balaban J connectivity index is 3.27. The quantitative estimate of drug-likeness (QED) is 0.787. The number of hydrogen-bond donors (Lipinski definition) is 0. The van der Waals surface area contributed by atoms with Gasteiger partial charge >= 0.3 is 0 Å². The molecular weight excluding hydrogens is 263 g/mol. The van der Waals surface area contributed by atoms with Crippen LogP contribution in [0.4, 0.5) is 13.2 Å². The van der Waals surface area contributed by atoms with Crippen molar-refractivity contribution >= 4 is 15.9 Å². The maximum atomic E-state index is 13.3. The van der Waals surface area contributed by atoms with Crippen LogP contribution in [0.2, 0.25) is 0 Å². The Morgan fingerprint density at radius 1 is 1.57 bits per heavy atom. The van der Waals surface area contributed by atoms with E-state index in [-0.39, 0.29) is 5.75 Å². The summed E-state index contributed by atoms with van der Waals surface area (Å²) in [5.41, 5.74) is -0.485. The molecule has 1 aromatic rings. The van der Waals surface area contributed by atoms with Crippen molar-refractivity contribution < 1.29 is 17.9 Å². The third-order valence-corrected chi connectivity index (χ3v) is 2.23. The third-order valence-electron chi connectivity index (χ3n) is 1.63. The fourth-order valence-electron chi connectivity index (χ4n) is 0.988. The van der Waals surface area contributed by atoms with E-state index in [1.807, 2.05) is 0 Å². The van der Waals surface area contributed by atoms with Crippen LogP contribution in [-0.4, -0.2) is 12.1 Å². The molecule has 6 heteroatoms. The van der Waals surface area contributed by atoms with E-state index in [2.05, 4.69) is 25.7 Å². The number of rotatable bonds is 3. The van der Waals surface area contributed by atoms with Gasteiger partial charge in [-0.1, -0.05) is 15.9 Å². The van der Waals surface area contributed by atoms with Crippen LogP contribution >= 0.6 is 15.9 Å². The summed E-state index contributed by atoms with van der Waals surface area (Å²) in [6.45, 7) is 0. The normalized spacial score (nSPS) is 10.7. The highest BCUT2D eigenvalue weighted by atomic mass is 79.9. The first kappa shape index (κ1) is 11.3. The lowest BCUT2D eigenvalue weighted by Gasteiger charge is -2.09. The van der Waals surface area contributed by atoms with Crippen molar-refractivity contribution in [2.75, 3.05) is 7.11 Å². The van der Waals surface area contributed by atoms with Crippen LogP contribution in [0.5, 0.6) is 5.75 Å². The van der Waals surface area contributed by atoms with E-state index in [1.54, 1.807) is 0 Å². The molecular formula is C8H7BrF3NO. The molecule has 0 amide bonds. The maximum Gasteiger partial charge on any atom is 0.283 e. The second kappa shape index (κ2) is 4.63. The van der Waals surface area contributed by atoms with Crippen LogP contribution < -0.4 is 4.74 Å². The van der Waals surface area contributed by atoms with E-state index in [0.29, 0.717) is 10.9 Å². The highest BCUT2D eigenvalue weighted by Gasteiger charge is 2.21. The molecule has 0 saturated carbocycles. The average molecular weight is 270 g/mol. The molecule has 1 rings (SSSR count). The number of alkyl halides is 3. The first-order valence-electron chi connectivity index (χ1n) is 3.67. The summed E-state index contributed by atoms with van der Waals surface area (Å²) < 4.78 is 42.4. The van der Waals surface area contributed by atoms with Crippen LogP contribution in [0.3, 0.4) is 0 Å². The van der Waals surface area contributed by atoms with Crippen molar-refractivity contribution in [3.8, 4) is 5.75 Å². The van der Waals surface area contributed by atoms with Gasteiger partial charge in [-0.2, -0.15) is 0 Å². The molecule has 0 saturated heterocycles. The van der Waals surface area contributed by atoms with E-state index in [1.165, 1.54) is 7.11 Å². The third kappa shape index (κ3) is 2.00. The number of aromatic nitrogens is 1. The van der Waals surface area contributed by atoms with E-state index in [0.717, 1.165) is 6.20 Å². The zero-order chi connectivity index (χ0) is 10.7. The van der Waals surface area contributed by atoms with Gasteiger partial charge in [-0.25, -0.2) is 13.2 Å². The second-order valence-corrected chi connectivity index (χ2v) is 3.01. The van der Waals surface area contributed by atoms with E-state index in [9.17, 15) is 13.2 Å². The molecule has 0 aliphatic carbocycles. The average Bonchev–Trinajstić information content (AvgIpc) is 2.16. The molecule has 14 heavy (non-hydrogen) atoms. The molecule has 0 atom stereocenters. The summed E-state index contributed by atoms with van der Waals surface area (Å²) in [6, 6.07) is 0. The summed E-state index contributed by atoms with van der Waals surface area (Å²) in [4.78, 5) is 3.32. The summed E-state index contributed by atoms with van der Waals surface area (Å²) in [5, 5.41) is 0.295. The Kier molecular flexibility index (Phi) is 3.74. The molecule has 0 aliphatic heterocycles. The molecule has 78 valence electrons. The molecule has 0 fully saturated rings. The lowest BCUT2D eigenvalue weighted by molar-refractivity contribution is 0.139. The fourth-order valence-corrected chi connectivity index (χ4v) is 1.39. The molecule has 1 aromatic heterocycles. The van der Waals surface area contributed by atoms with Crippen molar-refractivity contribution in [2.45, 2.75) is 11.8 Å². The Bertz CT molecular complexity index is 333. The number of halogens is 4. The maximum absolute atomic E-state index is 13.3. The van der Waals surface area contributed by atoms with Crippen LogP contribution in [-0.2, 0) is 5.33 Å². The summed E-state index contributed by atoms with van der Waals surface area (Å²) in [7, 11) is 1.22. The predicted octanol–water partition coefficient (Wildman–Crippen LogP) is 3.06. The Morgan fingerprint density at radius 2 is 2.21 bits per heavy atom. The molecule has 0 bridgehead atoms. The smallest absolute Gasteiger partial charge is 0.283 e. The molecule has 0 spiro atoms. The van der Waals surface area contributed by atoms with Gasteiger partial charge in [0.05, 0.1) is 7.11 Å². The summed E-state index contributed by atoms with van der Waals surface area (Å²) >= 11 is 3.07. The van der Waals surface area contributed by atoms with E-state index >= 15 is 0 Å². The Morgan fingerprint density at radius 3 is 2.64 bits per heavy atom. The minimum atomic E-state index is -2.94. The van der Waals surface area contributed by atoms with Gasteiger partial charge in [0.25, 0.3) is 6.43 Å². The summed E-state index contributed by atoms with van der Waals surface area (Å²) in [6.07, 6.45) is -1.77. The van der Waals surface area contributed by atoms with Crippen LogP contribution in [0, 0.1) is 5.82 Å². The number of pyridine rings is 1.